The molecule has 0 fully saturated rings. The number of carbonyl (C=O) groups is 1. The Morgan fingerprint density at radius 3 is 2.48 bits per heavy atom. The number of ether oxygens (including phenoxy) is 1. The highest BCUT2D eigenvalue weighted by molar-refractivity contribution is 6.34. The van der Waals surface area contributed by atoms with Crippen LogP contribution in [0.1, 0.15) is 12.5 Å². The van der Waals surface area contributed by atoms with Crippen LogP contribution in [0.5, 0.6) is 5.75 Å². The van der Waals surface area contributed by atoms with Crippen LogP contribution >= 0.6 is 11.6 Å². The third-order valence-corrected chi connectivity index (χ3v) is 3.50. The van der Waals surface area contributed by atoms with E-state index in [-0.39, 0.29) is 5.57 Å². The smallest absolute Gasteiger partial charge is 0.266 e. The molecule has 0 heterocycles. The number of rotatable bonds is 5. The van der Waals surface area contributed by atoms with Crippen LogP contribution in [0.2, 0.25) is 5.02 Å². The van der Waals surface area contributed by atoms with E-state index in [9.17, 15) is 10.1 Å². The summed E-state index contributed by atoms with van der Waals surface area (Å²) in [6, 6.07) is 17.3. The second kappa shape index (κ2) is 8.54. The molecule has 124 valence electrons. The van der Waals surface area contributed by atoms with E-state index in [1.165, 1.54) is 6.08 Å². The zero-order valence-electron chi connectivity index (χ0n) is 13.4. The third kappa shape index (κ3) is 5.10. The highest BCUT2D eigenvalue weighted by Gasteiger charge is 2.11. The first-order valence-corrected chi connectivity index (χ1v) is 7.75. The number of nitrogens with one attached hydrogen (secondary N) is 1. The van der Waals surface area contributed by atoms with Gasteiger partial charge in [0.05, 0.1) is 10.7 Å². The van der Waals surface area contributed by atoms with Crippen molar-refractivity contribution >= 4 is 29.3 Å². The Morgan fingerprint density at radius 1 is 1.20 bits per heavy atom. The predicted octanol–water partition coefficient (Wildman–Crippen LogP) is 4.18. The molecule has 2 rings (SSSR count). The quantitative estimate of drug-likeness (QED) is 0.646. The Morgan fingerprint density at radius 2 is 1.88 bits per heavy atom. The van der Waals surface area contributed by atoms with E-state index >= 15 is 0 Å². The second-order valence-electron chi connectivity index (χ2n) is 5.06. The van der Waals surface area contributed by atoms with Crippen LogP contribution in [0.3, 0.4) is 0 Å². The summed E-state index contributed by atoms with van der Waals surface area (Å²) in [4.78, 5) is 12.2. The van der Waals surface area contributed by atoms with Crippen LogP contribution in [-0.2, 0) is 4.79 Å². The second-order valence-corrected chi connectivity index (χ2v) is 5.47. The van der Waals surface area contributed by atoms with Gasteiger partial charge in [-0.05, 0) is 42.8 Å². The van der Waals surface area contributed by atoms with E-state index < -0.39 is 12.0 Å². The first kappa shape index (κ1) is 18.1. The van der Waals surface area contributed by atoms with E-state index in [1.54, 1.807) is 55.5 Å². The van der Waals surface area contributed by atoms with E-state index in [1.807, 2.05) is 12.1 Å². The third-order valence-electron chi connectivity index (χ3n) is 3.17. The van der Waals surface area contributed by atoms with Crippen molar-refractivity contribution < 1.29 is 9.53 Å². The van der Waals surface area contributed by atoms with Gasteiger partial charge in [0.15, 0.2) is 6.10 Å². The average molecular weight is 352 g/mol. The molecule has 0 aliphatic carbocycles. The minimum Gasteiger partial charge on any atom is -0.476 e. The lowest BCUT2D eigenvalue weighted by Crippen LogP contribution is -2.13. The van der Waals surface area contributed by atoms with Gasteiger partial charge in [0.1, 0.15) is 23.5 Å². The van der Waals surface area contributed by atoms with Gasteiger partial charge in [-0.1, -0.05) is 35.9 Å². The summed E-state index contributed by atoms with van der Waals surface area (Å²) in [7, 11) is 0. The maximum atomic E-state index is 12.2. The summed E-state index contributed by atoms with van der Waals surface area (Å²) < 4.78 is 5.35. The molecule has 0 bridgehead atoms. The highest BCUT2D eigenvalue weighted by Crippen LogP contribution is 2.21. The van der Waals surface area contributed by atoms with E-state index in [0.717, 1.165) is 0 Å². The number of benzene rings is 2. The molecule has 5 nitrogen and oxygen atoms in total. The summed E-state index contributed by atoms with van der Waals surface area (Å²) in [5.41, 5.74) is 1.03. The van der Waals surface area contributed by atoms with Crippen LogP contribution in [-0.4, -0.2) is 12.0 Å². The SMILES string of the molecule is CC(C#N)Oc1ccc(/C=C(/C#N)C(=O)Nc2ccccc2Cl)cc1. The Balaban J connectivity index is 2.14. The van der Waals surface area contributed by atoms with Gasteiger partial charge in [0.25, 0.3) is 5.91 Å². The number of amides is 1. The largest absolute Gasteiger partial charge is 0.476 e. The van der Waals surface area contributed by atoms with Crippen LogP contribution in [0.4, 0.5) is 5.69 Å². The molecule has 2 aromatic carbocycles. The number of para-hydroxylation sites is 1. The predicted molar refractivity (Wildman–Crippen MR) is 95.8 cm³/mol. The van der Waals surface area contributed by atoms with Gasteiger partial charge in [-0.3, -0.25) is 4.79 Å². The number of hydrogen-bond donors (Lipinski definition) is 1. The number of nitriles is 2. The van der Waals surface area contributed by atoms with Crippen LogP contribution in [0.25, 0.3) is 6.08 Å². The van der Waals surface area contributed by atoms with E-state index in [4.69, 9.17) is 21.6 Å². The summed E-state index contributed by atoms with van der Waals surface area (Å²) in [5, 5.41) is 21.0. The van der Waals surface area contributed by atoms with Crippen LogP contribution in [0, 0.1) is 22.7 Å². The fraction of sp³-hybridized carbons (Fsp3) is 0.105. The number of carbonyl (C=O) groups excluding carboxylic acids is 1. The van der Waals surface area contributed by atoms with Crippen molar-refractivity contribution in [1.82, 2.24) is 0 Å². The molecule has 0 aliphatic rings. The Labute approximate surface area is 150 Å². The molecule has 2 aromatic rings. The lowest BCUT2D eigenvalue weighted by molar-refractivity contribution is -0.112. The normalized spacial score (nSPS) is 11.8. The maximum absolute atomic E-state index is 12.2. The van der Waals surface area contributed by atoms with Crippen LogP contribution < -0.4 is 10.1 Å². The summed E-state index contributed by atoms with van der Waals surface area (Å²) in [5.74, 6) is -0.0146. The zero-order valence-corrected chi connectivity index (χ0v) is 14.1. The minimum atomic E-state index is -0.558. The molecule has 0 spiro atoms. The lowest BCUT2D eigenvalue weighted by Gasteiger charge is -2.08. The summed E-state index contributed by atoms with van der Waals surface area (Å²) in [6.07, 6.45) is 0.904. The molecule has 1 atom stereocenters. The molecular weight excluding hydrogens is 338 g/mol. The van der Waals surface area contributed by atoms with Gasteiger partial charge >= 0.3 is 0 Å². The topological polar surface area (TPSA) is 85.9 Å². The van der Waals surface area contributed by atoms with Gasteiger partial charge in [-0.15, -0.1) is 0 Å². The van der Waals surface area contributed by atoms with Crippen molar-refractivity contribution in [2.75, 3.05) is 5.32 Å². The molecule has 0 aromatic heterocycles. The monoisotopic (exact) mass is 351 g/mol. The minimum absolute atomic E-state index is 0.0565. The van der Waals surface area contributed by atoms with Crippen molar-refractivity contribution in [1.29, 1.82) is 10.5 Å². The Hall–Kier alpha value is -3.28. The highest BCUT2D eigenvalue weighted by atomic mass is 35.5. The Kier molecular flexibility index (Phi) is 6.17. The molecule has 1 unspecified atom stereocenters. The molecule has 1 amide bonds. The number of anilines is 1. The summed E-state index contributed by atoms with van der Waals surface area (Å²) >= 11 is 5.99. The molecule has 6 heteroatoms. The molecule has 0 saturated carbocycles. The van der Waals surface area contributed by atoms with E-state index in [2.05, 4.69) is 5.32 Å². The first-order chi connectivity index (χ1) is 12.0. The van der Waals surface area contributed by atoms with Crippen molar-refractivity contribution in [2.24, 2.45) is 0 Å². The molecule has 1 N–H and O–H groups in total. The number of nitrogens with zero attached hydrogens (tertiary/aromatic N) is 2. The first-order valence-electron chi connectivity index (χ1n) is 7.37. The number of hydrogen-bond acceptors (Lipinski definition) is 4. The standard InChI is InChI=1S/C19H14ClN3O2/c1-13(11-21)25-16-8-6-14(7-9-16)10-15(12-22)19(24)23-18-5-3-2-4-17(18)20/h2-10,13H,1H3,(H,23,24)/b15-10-. The van der Waals surface area contributed by atoms with Gasteiger partial charge in [0, 0.05) is 0 Å². The van der Waals surface area contributed by atoms with Gasteiger partial charge in [0.2, 0.25) is 0 Å². The maximum Gasteiger partial charge on any atom is 0.266 e. The van der Waals surface area contributed by atoms with Crippen molar-refractivity contribution in [2.45, 2.75) is 13.0 Å². The average Bonchev–Trinajstić information content (AvgIpc) is 2.62. The van der Waals surface area contributed by atoms with Gasteiger partial charge < -0.3 is 10.1 Å². The Bertz CT molecular complexity index is 877. The number of halogens is 1. The molecule has 0 radical (unpaired) electrons. The lowest BCUT2D eigenvalue weighted by atomic mass is 10.1. The van der Waals surface area contributed by atoms with Crippen molar-refractivity contribution in [3.63, 3.8) is 0 Å². The van der Waals surface area contributed by atoms with Crippen molar-refractivity contribution in [3.8, 4) is 17.9 Å². The van der Waals surface area contributed by atoms with Gasteiger partial charge in [-0.2, -0.15) is 10.5 Å². The van der Waals surface area contributed by atoms with Gasteiger partial charge in [-0.25, -0.2) is 0 Å². The fourth-order valence-electron chi connectivity index (χ4n) is 1.94. The van der Waals surface area contributed by atoms with Crippen molar-refractivity contribution in [3.05, 3.63) is 64.7 Å². The van der Waals surface area contributed by atoms with E-state index in [0.29, 0.717) is 22.0 Å². The zero-order chi connectivity index (χ0) is 18.2. The fourth-order valence-corrected chi connectivity index (χ4v) is 2.12. The molecule has 0 saturated heterocycles. The molecule has 25 heavy (non-hydrogen) atoms. The molecule has 0 aliphatic heterocycles. The molecular formula is C19H14ClN3O2. The van der Waals surface area contributed by atoms with Crippen LogP contribution in [0.15, 0.2) is 54.1 Å². The summed E-state index contributed by atoms with van der Waals surface area (Å²) in [6.45, 7) is 1.64.